The molecule has 0 radical (unpaired) electrons. The number of rotatable bonds is 3. The van der Waals surface area contributed by atoms with Crippen LogP contribution in [0.3, 0.4) is 0 Å². The van der Waals surface area contributed by atoms with Gasteiger partial charge in [0.2, 0.25) is 5.91 Å². The van der Waals surface area contributed by atoms with E-state index in [0.29, 0.717) is 0 Å². The van der Waals surface area contributed by atoms with Crippen LogP contribution in [-0.4, -0.2) is 46.1 Å². The van der Waals surface area contributed by atoms with Gasteiger partial charge in [-0.15, -0.1) is 11.8 Å². The van der Waals surface area contributed by atoms with Gasteiger partial charge >= 0.3 is 0 Å². The fourth-order valence-corrected chi connectivity index (χ4v) is 2.85. The molecule has 1 fully saturated rings. The molecule has 1 aliphatic rings. The van der Waals surface area contributed by atoms with Crippen LogP contribution in [0, 0.1) is 0 Å². The highest BCUT2D eigenvalue weighted by Crippen LogP contribution is 2.28. The first-order chi connectivity index (χ1) is 6.99. The summed E-state index contributed by atoms with van der Waals surface area (Å²) in [6.45, 7) is 3.78. The number of thioether (sulfide) groups is 1. The first kappa shape index (κ1) is 12.8. The topological polar surface area (TPSA) is 40.5 Å². The van der Waals surface area contributed by atoms with Gasteiger partial charge in [0, 0.05) is 7.05 Å². The van der Waals surface area contributed by atoms with Crippen LogP contribution in [0.25, 0.3) is 0 Å². The predicted octanol–water partition coefficient (Wildman–Crippen LogP) is 1.50. The van der Waals surface area contributed by atoms with E-state index in [1.807, 2.05) is 13.8 Å². The molecule has 0 aliphatic carbocycles. The van der Waals surface area contributed by atoms with Gasteiger partial charge in [0.1, 0.15) is 0 Å². The summed E-state index contributed by atoms with van der Waals surface area (Å²) in [5.74, 6) is 1.25. The van der Waals surface area contributed by atoms with Crippen LogP contribution in [0.15, 0.2) is 0 Å². The van der Waals surface area contributed by atoms with E-state index in [4.69, 9.17) is 0 Å². The van der Waals surface area contributed by atoms with Crippen molar-refractivity contribution >= 4 is 17.7 Å². The van der Waals surface area contributed by atoms with Gasteiger partial charge in [-0.25, -0.2) is 0 Å². The molecule has 3 nitrogen and oxygen atoms in total. The van der Waals surface area contributed by atoms with Gasteiger partial charge in [-0.2, -0.15) is 0 Å². The van der Waals surface area contributed by atoms with E-state index < -0.39 is 5.54 Å². The molecule has 0 spiro atoms. The Morgan fingerprint density at radius 3 is 2.67 bits per heavy atom. The summed E-state index contributed by atoms with van der Waals surface area (Å²) in [4.78, 5) is 13.8. The van der Waals surface area contributed by atoms with Crippen molar-refractivity contribution in [2.24, 2.45) is 0 Å². The van der Waals surface area contributed by atoms with Crippen molar-refractivity contribution in [2.75, 3.05) is 19.4 Å². The molecule has 1 N–H and O–H groups in total. The maximum absolute atomic E-state index is 12.1. The molecule has 1 heterocycles. The third-order valence-corrected chi connectivity index (χ3v) is 4.44. The van der Waals surface area contributed by atoms with E-state index in [0.717, 1.165) is 18.6 Å². The smallest absolute Gasteiger partial charge is 0.235 e. The SMILES string of the molecule is CN(C(=O)C1CCCCS1)C(C)(C)CO. The molecule has 0 saturated carbocycles. The quantitative estimate of drug-likeness (QED) is 0.800. The monoisotopic (exact) mass is 231 g/mol. The molecule has 15 heavy (non-hydrogen) atoms. The number of hydrogen-bond acceptors (Lipinski definition) is 3. The highest BCUT2D eigenvalue weighted by molar-refractivity contribution is 8.00. The summed E-state index contributed by atoms with van der Waals surface area (Å²) in [5.41, 5.74) is -0.449. The second kappa shape index (κ2) is 5.21. The molecule has 0 bridgehead atoms. The minimum atomic E-state index is -0.449. The van der Waals surface area contributed by atoms with E-state index in [9.17, 15) is 9.90 Å². The molecule has 1 aliphatic heterocycles. The Morgan fingerprint density at radius 2 is 2.20 bits per heavy atom. The van der Waals surface area contributed by atoms with Crippen molar-refractivity contribution in [3.8, 4) is 0 Å². The first-order valence-corrected chi connectivity index (χ1v) is 6.54. The van der Waals surface area contributed by atoms with E-state index in [-0.39, 0.29) is 17.8 Å². The number of aliphatic hydroxyl groups is 1. The maximum atomic E-state index is 12.1. The van der Waals surface area contributed by atoms with Crippen LogP contribution in [0.4, 0.5) is 0 Å². The Kier molecular flexibility index (Phi) is 4.46. The lowest BCUT2D eigenvalue weighted by Gasteiger charge is -2.37. The van der Waals surface area contributed by atoms with Crippen molar-refractivity contribution in [3.63, 3.8) is 0 Å². The normalized spacial score (nSPS) is 22.5. The van der Waals surface area contributed by atoms with Crippen LogP contribution in [0.1, 0.15) is 33.1 Å². The standard InChI is InChI=1S/C11H21NO2S/c1-11(2,8-13)12(3)10(14)9-6-4-5-7-15-9/h9,13H,4-8H2,1-3H3. The molecule has 0 aromatic heterocycles. The molecule has 0 aromatic carbocycles. The third-order valence-electron chi connectivity index (χ3n) is 3.08. The third kappa shape index (κ3) is 3.11. The van der Waals surface area contributed by atoms with Crippen molar-refractivity contribution < 1.29 is 9.90 Å². The van der Waals surface area contributed by atoms with E-state index in [1.54, 1.807) is 23.7 Å². The van der Waals surface area contributed by atoms with Crippen molar-refractivity contribution in [2.45, 2.75) is 43.9 Å². The molecule has 1 amide bonds. The number of nitrogens with zero attached hydrogens (tertiary/aromatic N) is 1. The van der Waals surface area contributed by atoms with Crippen LogP contribution in [0.5, 0.6) is 0 Å². The van der Waals surface area contributed by atoms with Crippen molar-refractivity contribution in [3.05, 3.63) is 0 Å². The van der Waals surface area contributed by atoms with Gasteiger partial charge in [-0.1, -0.05) is 6.42 Å². The Bertz CT molecular complexity index is 225. The molecule has 1 atom stereocenters. The summed E-state index contributed by atoms with van der Waals surface area (Å²) in [6, 6.07) is 0. The van der Waals surface area contributed by atoms with Gasteiger partial charge in [0.15, 0.2) is 0 Å². The molecular formula is C11H21NO2S. The van der Waals surface area contributed by atoms with E-state index in [2.05, 4.69) is 0 Å². The lowest BCUT2D eigenvalue weighted by molar-refractivity contribution is -0.135. The zero-order chi connectivity index (χ0) is 11.5. The second-order valence-corrected chi connectivity index (χ2v) is 6.03. The van der Waals surface area contributed by atoms with Crippen LogP contribution in [0.2, 0.25) is 0 Å². The fourth-order valence-electron chi connectivity index (χ4n) is 1.56. The Balaban J connectivity index is 2.58. The summed E-state index contributed by atoms with van der Waals surface area (Å²) >= 11 is 1.75. The summed E-state index contributed by atoms with van der Waals surface area (Å²) in [5, 5.41) is 9.32. The Labute approximate surface area is 96.2 Å². The molecule has 1 rings (SSSR count). The van der Waals surface area contributed by atoms with Crippen LogP contribution >= 0.6 is 11.8 Å². The molecule has 1 unspecified atom stereocenters. The number of amides is 1. The minimum absolute atomic E-state index is 0.00657. The van der Waals surface area contributed by atoms with Gasteiger partial charge < -0.3 is 10.0 Å². The van der Waals surface area contributed by atoms with Gasteiger partial charge in [-0.3, -0.25) is 4.79 Å². The van der Waals surface area contributed by atoms with E-state index in [1.165, 1.54) is 6.42 Å². The van der Waals surface area contributed by atoms with Gasteiger partial charge in [0.25, 0.3) is 0 Å². The fraction of sp³-hybridized carbons (Fsp3) is 0.909. The highest BCUT2D eigenvalue weighted by Gasteiger charge is 2.32. The molecule has 88 valence electrons. The zero-order valence-corrected chi connectivity index (χ0v) is 10.6. The summed E-state index contributed by atoms with van der Waals surface area (Å²) in [6.07, 6.45) is 3.35. The number of carbonyl (C=O) groups is 1. The maximum Gasteiger partial charge on any atom is 0.235 e. The minimum Gasteiger partial charge on any atom is -0.394 e. The van der Waals surface area contributed by atoms with Gasteiger partial charge in [-0.05, 0) is 32.4 Å². The largest absolute Gasteiger partial charge is 0.394 e. The number of hydrogen-bond donors (Lipinski definition) is 1. The summed E-state index contributed by atoms with van der Waals surface area (Å²) in [7, 11) is 1.79. The van der Waals surface area contributed by atoms with Crippen molar-refractivity contribution in [1.82, 2.24) is 4.90 Å². The summed E-state index contributed by atoms with van der Waals surface area (Å²) < 4.78 is 0. The van der Waals surface area contributed by atoms with Crippen molar-refractivity contribution in [1.29, 1.82) is 0 Å². The van der Waals surface area contributed by atoms with Crippen LogP contribution < -0.4 is 0 Å². The van der Waals surface area contributed by atoms with Gasteiger partial charge in [0.05, 0.1) is 17.4 Å². The molecular weight excluding hydrogens is 210 g/mol. The Hall–Kier alpha value is -0.220. The van der Waals surface area contributed by atoms with E-state index >= 15 is 0 Å². The molecule has 1 saturated heterocycles. The highest BCUT2D eigenvalue weighted by atomic mass is 32.2. The molecule has 4 heteroatoms. The van der Waals surface area contributed by atoms with Crippen LogP contribution in [-0.2, 0) is 4.79 Å². The average Bonchev–Trinajstić information content (AvgIpc) is 2.28. The zero-order valence-electron chi connectivity index (χ0n) is 9.82. The average molecular weight is 231 g/mol. The second-order valence-electron chi connectivity index (χ2n) is 4.72. The Morgan fingerprint density at radius 1 is 1.53 bits per heavy atom. The molecule has 0 aromatic rings. The predicted molar refractivity (Wildman–Crippen MR) is 64.0 cm³/mol. The number of carbonyl (C=O) groups excluding carboxylic acids is 1. The first-order valence-electron chi connectivity index (χ1n) is 5.49. The lowest BCUT2D eigenvalue weighted by atomic mass is 10.0. The number of likely N-dealkylation sites (N-methyl/N-ethyl adjacent to an activating group) is 1. The lowest BCUT2D eigenvalue weighted by Crippen LogP contribution is -2.50. The number of aliphatic hydroxyl groups excluding tert-OH is 1.